The second-order valence-corrected chi connectivity index (χ2v) is 7.82. The molecule has 1 aromatic carbocycles. The lowest BCUT2D eigenvalue weighted by Gasteiger charge is -2.31. The van der Waals surface area contributed by atoms with E-state index < -0.39 is 17.2 Å². The maximum atomic E-state index is 15.3. The molecule has 0 spiro atoms. The van der Waals surface area contributed by atoms with Gasteiger partial charge in [0.1, 0.15) is 17.9 Å². The molecule has 0 aliphatic carbocycles. The first-order chi connectivity index (χ1) is 14.9. The van der Waals surface area contributed by atoms with Crippen molar-refractivity contribution in [2.24, 2.45) is 0 Å². The quantitative estimate of drug-likeness (QED) is 0.655. The molecule has 31 heavy (non-hydrogen) atoms. The maximum absolute atomic E-state index is 15.3. The second-order valence-electron chi connectivity index (χ2n) is 7.82. The molecule has 2 N–H and O–H groups in total. The van der Waals surface area contributed by atoms with Gasteiger partial charge in [0.05, 0.1) is 16.9 Å². The molecule has 2 aliphatic heterocycles. The topological polar surface area (TPSA) is 110 Å². The Morgan fingerprint density at radius 1 is 1.35 bits per heavy atom. The molecule has 0 bridgehead atoms. The molecule has 0 unspecified atom stereocenters. The predicted octanol–water partition coefficient (Wildman–Crippen LogP) is 2.27. The Balaban J connectivity index is 1.58. The molecule has 5 rings (SSSR count). The Morgan fingerprint density at radius 2 is 2.13 bits per heavy atom. The Hall–Kier alpha value is -3.69. The number of pyridine rings is 1. The summed E-state index contributed by atoms with van der Waals surface area (Å²) in [6.45, 7) is 3.19. The number of nitrogens with zero attached hydrogens (tertiary/aromatic N) is 4. The normalized spacial score (nSPS) is 20.0. The van der Waals surface area contributed by atoms with Crippen LogP contribution < -0.4 is 20.4 Å². The minimum absolute atomic E-state index is 0.00857. The van der Waals surface area contributed by atoms with E-state index in [0.717, 1.165) is 12.5 Å². The van der Waals surface area contributed by atoms with Gasteiger partial charge in [0.25, 0.3) is 0 Å². The van der Waals surface area contributed by atoms with Crippen LogP contribution in [0.25, 0.3) is 10.9 Å². The fourth-order valence-electron chi connectivity index (χ4n) is 4.30. The predicted molar refractivity (Wildman–Crippen MR) is 112 cm³/mol. The number of benzene rings is 1. The highest BCUT2D eigenvalue weighted by atomic mass is 19.1. The van der Waals surface area contributed by atoms with Gasteiger partial charge in [0, 0.05) is 37.7 Å². The lowest BCUT2D eigenvalue weighted by atomic mass is 10.1. The summed E-state index contributed by atoms with van der Waals surface area (Å²) in [4.78, 5) is 34.4. The number of anilines is 2. The van der Waals surface area contributed by atoms with Crippen molar-refractivity contribution >= 4 is 28.5 Å². The largest absolute Gasteiger partial charge is 0.487 e. The van der Waals surface area contributed by atoms with Gasteiger partial charge in [-0.1, -0.05) is 0 Å². The van der Waals surface area contributed by atoms with Crippen LogP contribution in [-0.4, -0.2) is 51.3 Å². The number of hydrogen-bond acceptors (Lipinski definition) is 7. The van der Waals surface area contributed by atoms with Gasteiger partial charge in [0.2, 0.25) is 11.4 Å². The van der Waals surface area contributed by atoms with Crippen molar-refractivity contribution in [2.75, 3.05) is 29.9 Å². The number of halogens is 1. The number of carboxylic acid groups (broad SMARTS) is 1. The van der Waals surface area contributed by atoms with Crippen molar-refractivity contribution in [3.05, 3.63) is 52.3 Å². The van der Waals surface area contributed by atoms with Gasteiger partial charge in [-0.25, -0.2) is 19.2 Å². The molecule has 10 heteroatoms. The fourth-order valence-corrected chi connectivity index (χ4v) is 4.30. The molecular weight excluding hydrogens is 405 g/mol. The molecule has 2 aliphatic rings. The third kappa shape index (κ3) is 3.15. The second kappa shape index (κ2) is 7.22. The number of carboxylic acids is 1. The van der Waals surface area contributed by atoms with E-state index in [1.807, 2.05) is 11.8 Å². The zero-order valence-corrected chi connectivity index (χ0v) is 16.7. The Labute approximate surface area is 176 Å². The molecule has 9 nitrogen and oxygen atoms in total. The van der Waals surface area contributed by atoms with Gasteiger partial charge in [0.15, 0.2) is 11.6 Å². The highest BCUT2D eigenvalue weighted by Crippen LogP contribution is 2.42. The molecule has 3 aromatic rings. The van der Waals surface area contributed by atoms with Gasteiger partial charge >= 0.3 is 5.97 Å². The highest BCUT2D eigenvalue weighted by Gasteiger charge is 2.33. The van der Waals surface area contributed by atoms with E-state index in [0.29, 0.717) is 24.6 Å². The van der Waals surface area contributed by atoms with Crippen LogP contribution in [0.15, 0.2) is 35.5 Å². The standard InChI is InChI=1S/C21H20FN5O4/c1-11-10-31-19-16-13(18(28)14(20(29)30)9-27(11)16)7-15(22)17(19)26-6-3-12(8-26)25-21-23-4-2-5-24-21/h2,4-5,7,9,11-12H,3,6,8,10H2,1H3,(H,29,30)(H,23,24,25)/t11-,12+/m0/s1. The molecule has 0 saturated carbocycles. The number of aromatic nitrogens is 3. The number of ether oxygens (including phenoxy) is 1. The zero-order chi connectivity index (χ0) is 21.7. The third-order valence-corrected chi connectivity index (χ3v) is 5.78. The number of aromatic carboxylic acids is 1. The summed E-state index contributed by atoms with van der Waals surface area (Å²) >= 11 is 0. The first-order valence-electron chi connectivity index (χ1n) is 10.00. The molecule has 0 radical (unpaired) electrons. The number of carbonyl (C=O) groups is 1. The molecule has 160 valence electrons. The summed E-state index contributed by atoms with van der Waals surface area (Å²) in [5, 5.41) is 12.7. The van der Waals surface area contributed by atoms with Crippen LogP contribution in [0, 0.1) is 5.82 Å². The van der Waals surface area contributed by atoms with Crippen molar-refractivity contribution in [3.63, 3.8) is 0 Å². The molecule has 4 heterocycles. The number of nitrogens with one attached hydrogen (secondary N) is 1. The van der Waals surface area contributed by atoms with Crippen LogP contribution in [0.4, 0.5) is 16.0 Å². The summed E-state index contributed by atoms with van der Waals surface area (Å²) < 4.78 is 22.9. The van der Waals surface area contributed by atoms with Crippen LogP contribution in [0.3, 0.4) is 0 Å². The summed E-state index contributed by atoms with van der Waals surface area (Å²) in [6, 6.07) is 2.68. The van der Waals surface area contributed by atoms with E-state index in [4.69, 9.17) is 4.74 Å². The number of rotatable bonds is 4. The highest BCUT2D eigenvalue weighted by molar-refractivity contribution is 5.97. The van der Waals surface area contributed by atoms with Gasteiger partial charge in [-0.3, -0.25) is 4.79 Å². The lowest BCUT2D eigenvalue weighted by molar-refractivity contribution is 0.0694. The molecule has 2 aromatic heterocycles. The van der Waals surface area contributed by atoms with Gasteiger partial charge in [-0.15, -0.1) is 0 Å². The maximum Gasteiger partial charge on any atom is 0.341 e. The van der Waals surface area contributed by atoms with E-state index in [-0.39, 0.29) is 41.1 Å². The van der Waals surface area contributed by atoms with Crippen molar-refractivity contribution < 1.29 is 19.0 Å². The monoisotopic (exact) mass is 425 g/mol. The summed E-state index contributed by atoms with van der Waals surface area (Å²) in [6.07, 6.45) is 5.37. The Morgan fingerprint density at radius 3 is 2.87 bits per heavy atom. The van der Waals surface area contributed by atoms with Crippen LogP contribution in [0.2, 0.25) is 0 Å². The smallest absolute Gasteiger partial charge is 0.341 e. The Bertz CT molecular complexity index is 1250. The summed E-state index contributed by atoms with van der Waals surface area (Å²) in [5.41, 5.74) is -0.389. The molecule has 2 atom stereocenters. The van der Waals surface area contributed by atoms with Crippen molar-refractivity contribution in [2.45, 2.75) is 25.4 Å². The van der Waals surface area contributed by atoms with E-state index >= 15 is 4.39 Å². The lowest BCUT2D eigenvalue weighted by Crippen LogP contribution is -2.30. The molecule has 1 fully saturated rings. The summed E-state index contributed by atoms with van der Waals surface area (Å²) in [5.74, 6) is -1.16. The average molecular weight is 425 g/mol. The molecular formula is C21H20FN5O4. The van der Waals surface area contributed by atoms with Crippen molar-refractivity contribution in [1.29, 1.82) is 0 Å². The van der Waals surface area contributed by atoms with E-state index in [1.165, 1.54) is 6.20 Å². The van der Waals surface area contributed by atoms with Crippen LogP contribution >= 0.6 is 0 Å². The van der Waals surface area contributed by atoms with Gasteiger partial charge in [-0.05, 0) is 25.5 Å². The molecule has 0 amide bonds. The van der Waals surface area contributed by atoms with E-state index in [9.17, 15) is 14.7 Å². The van der Waals surface area contributed by atoms with E-state index in [1.54, 1.807) is 23.0 Å². The van der Waals surface area contributed by atoms with Gasteiger partial charge < -0.3 is 24.6 Å². The SMILES string of the molecule is C[C@H]1COc2c(N3CC[C@@H](Nc4ncccn4)C3)c(F)cc3c(=O)c(C(=O)O)cn1c23. The third-order valence-electron chi connectivity index (χ3n) is 5.78. The van der Waals surface area contributed by atoms with E-state index in [2.05, 4.69) is 15.3 Å². The van der Waals surface area contributed by atoms with Gasteiger partial charge in [-0.2, -0.15) is 0 Å². The number of hydrogen-bond donors (Lipinski definition) is 2. The van der Waals surface area contributed by atoms with Crippen molar-refractivity contribution in [3.8, 4) is 5.75 Å². The minimum Gasteiger partial charge on any atom is -0.487 e. The first-order valence-corrected chi connectivity index (χ1v) is 10.00. The Kier molecular flexibility index (Phi) is 4.49. The summed E-state index contributed by atoms with van der Waals surface area (Å²) in [7, 11) is 0. The first kappa shape index (κ1) is 19.3. The zero-order valence-electron chi connectivity index (χ0n) is 16.7. The molecule has 1 saturated heterocycles. The van der Waals surface area contributed by atoms with Crippen molar-refractivity contribution in [1.82, 2.24) is 14.5 Å². The van der Waals surface area contributed by atoms with Crippen LogP contribution in [0.1, 0.15) is 29.7 Å². The fraction of sp³-hybridized carbons (Fsp3) is 0.333. The average Bonchev–Trinajstić information content (AvgIpc) is 3.20. The van der Waals surface area contributed by atoms with Crippen LogP contribution in [-0.2, 0) is 0 Å². The van der Waals surface area contributed by atoms with Crippen LogP contribution in [0.5, 0.6) is 5.75 Å². The minimum atomic E-state index is -1.34.